The molecular weight excluding hydrogens is 531 g/mol. The third-order valence-electron chi connectivity index (χ3n) is 5.68. The van der Waals surface area contributed by atoms with Crippen molar-refractivity contribution in [2.75, 3.05) is 11.1 Å². The first-order valence-electron chi connectivity index (χ1n) is 11.4. The fourth-order valence-electron chi connectivity index (χ4n) is 3.87. The molecule has 4 N–H and O–H groups in total. The van der Waals surface area contributed by atoms with Gasteiger partial charge in [0.25, 0.3) is 0 Å². The standard InChI is InChI=1S/C26H24BrFN4O4/c1-2-4-21(33)17-8-9-19(28)23(24(17)36-25(34)14-5-3-6-16(29)11-14)18-12-20(18)31-26(35)32-22-10-7-15(27)13-30-22/h3,5-11,13,18,20H,2,4,12,29H2,1H3,(H2,30,31,32,35)/t18-,20+/m1/s1. The lowest BCUT2D eigenvalue weighted by Gasteiger charge is -2.16. The smallest absolute Gasteiger partial charge is 0.343 e. The summed E-state index contributed by atoms with van der Waals surface area (Å²) in [7, 11) is 0. The lowest BCUT2D eigenvalue weighted by Crippen LogP contribution is -2.31. The molecule has 0 saturated heterocycles. The second-order valence-corrected chi connectivity index (χ2v) is 9.35. The minimum Gasteiger partial charge on any atom is -0.422 e. The summed E-state index contributed by atoms with van der Waals surface area (Å²) in [6.07, 6.45) is 2.74. The van der Waals surface area contributed by atoms with Crippen LogP contribution < -0.4 is 21.1 Å². The van der Waals surface area contributed by atoms with Crippen LogP contribution in [-0.4, -0.2) is 28.8 Å². The first-order chi connectivity index (χ1) is 17.3. The zero-order chi connectivity index (χ0) is 25.8. The summed E-state index contributed by atoms with van der Waals surface area (Å²) < 4.78 is 21.5. The van der Waals surface area contributed by atoms with Crippen molar-refractivity contribution in [2.45, 2.75) is 38.1 Å². The average Bonchev–Trinajstić information content (AvgIpc) is 3.58. The van der Waals surface area contributed by atoms with Crippen LogP contribution in [0.3, 0.4) is 0 Å². The Labute approximate surface area is 215 Å². The van der Waals surface area contributed by atoms with Gasteiger partial charge in [0.15, 0.2) is 5.78 Å². The second-order valence-electron chi connectivity index (χ2n) is 8.43. The maximum absolute atomic E-state index is 15.1. The Hall–Kier alpha value is -3.79. The average molecular weight is 555 g/mol. The lowest BCUT2D eigenvalue weighted by molar-refractivity contribution is 0.0730. The quantitative estimate of drug-likeness (QED) is 0.147. The van der Waals surface area contributed by atoms with E-state index in [1.165, 1.54) is 24.3 Å². The molecular formula is C26H24BrFN4O4. The van der Waals surface area contributed by atoms with Crippen LogP contribution in [0.4, 0.5) is 20.7 Å². The number of amides is 2. The van der Waals surface area contributed by atoms with E-state index in [1.54, 1.807) is 30.5 Å². The number of ether oxygens (including phenoxy) is 1. The fourth-order valence-corrected chi connectivity index (χ4v) is 4.11. The molecule has 1 fully saturated rings. The molecule has 1 saturated carbocycles. The number of anilines is 2. The summed E-state index contributed by atoms with van der Waals surface area (Å²) >= 11 is 3.28. The number of rotatable bonds is 8. The van der Waals surface area contributed by atoms with E-state index in [0.717, 1.165) is 4.47 Å². The van der Waals surface area contributed by atoms with Crippen molar-refractivity contribution in [3.63, 3.8) is 0 Å². The number of hydrogen-bond acceptors (Lipinski definition) is 6. The normalized spacial score (nSPS) is 16.2. The Bertz CT molecular complexity index is 1320. The van der Waals surface area contributed by atoms with E-state index in [9.17, 15) is 14.4 Å². The largest absolute Gasteiger partial charge is 0.422 e. The molecule has 0 unspecified atom stereocenters. The number of hydrogen-bond donors (Lipinski definition) is 3. The number of esters is 1. The van der Waals surface area contributed by atoms with Crippen molar-refractivity contribution in [1.82, 2.24) is 10.3 Å². The van der Waals surface area contributed by atoms with Crippen molar-refractivity contribution in [3.8, 4) is 5.75 Å². The van der Waals surface area contributed by atoms with Gasteiger partial charge < -0.3 is 15.8 Å². The Morgan fingerprint density at radius 1 is 1.19 bits per heavy atom. The van der Waals surface area contributed by atoms with Gasteiger partial charge in [0.2, 0.25) is 0 Å². The number of ketones is 1. The van der Waals surface area contributed by atoms with Gasteiger partial charge in [-0.25, -0.2) is 19.0 Å². The number of aromatic nitrogens is 1. The van der Waals surface area contributed by atoms with Crippen molar-refractivity contribution < 1.29 is 23.5 Å². The Morgan fingerprint density at radius 2 is 2.00 bits per heavy atom. The molecule has 0 aliphatic heterocycles. The second kappa shape index (κ2) is 10.9. The van der Waals surface area contributed by atoms with E-state index in [-0.39, 0.29) is 34.6 Å². The number of carbonyl (C=O) groups is 3. The van der Waals surface area contributed by atoms with Gasteiger partial charge in [-0.2, -0.15) is 0 Å². The Morgan fingerprint density at radius 3 is 2.69 bits per heavy atom. The minimum atomic E-state index is -0.760. The van der Waals surface area contributed by atoms with Crippen LogP contribution in [0.5, 0.6) is 5.75 Å². The van der Waals surface area contributed by atoms with Crippen molar-refractivity contribution >= 4 is 45.2 Å². The summed E-state index contributed by atoms with van der Waals surface area (Å²) in [5.41, 5.74) is 6.52. The highest BCUT2D eigenvalue weighted by Gasteiger charge is 2.44. The zero-order valence-electron chi connectivity index (χ0n) is 19.4. The molecule has 1 aromatic heterocycles. The van der Waals surface area contributed by atoms with Crippen molar-refractivity contribution in [3.05, 3.63) is 81.7 Å². The molecule has 0 spiro atoms. The number of urea groups is 1. The number of benzene rings is 2. The van der Waals surface area contributed by atoms with E-state index in [1.807, 2.05) is 6.92 Å². The number of halogens is 2. The van der Waals surface area contributed by atoms with E-state index < -0.39 is 29.8 Å². The number of carbonyl (C=O) groups excluding carboxylic acids is 3. The summed E-state index contributed by atoms with van der Waals surface area (Å²) in [6, 6.07) is 11.1. The number of nitrogen functional groups attached to an aromatic ring is 1. The molecule has 3 aromatic rings. The molecule has 0 bridgehead atoms. The molecule has 2 amide bonds. The van der Waals surface area contributed by atoms with Crippen LogP contribution in [0.15, 0.2) is 59.2 Å². The van der Waals surface area contributed by atoms with Gasteiger partial charge in [-0.15, -0.1) is 0 Å². The lowest BCUT2D eigenvalue weighted by atomic mass is 9.99. The predicted molar refractivity (Wildman–Crippen MR) is 137 cm³/mol. The van der Waals surface area contributed by atoms with Gasteiger partial charge in [0, 0.05) is 40.3 Å². The van der Waals surface area contributed by atoms with Crippen LogP contribution in [0.2, 0.25) is 0 Å². The van der Waals surface area contributed by atoms with Crippen LogP contribution in [0, 0.1) is 5.82 Å². The van der Waals surface area contributed by atoms with Crippen LogP contribution in [0.1, 0.15) is 58.4 Å². The molecule has 36 heavy (non-hydrogen) atoms. The van der Waals surface area contributed by atoms with E-state index in [0.29, 0.717) is 24.3 Å². The molecule has 10 heteroatoms. The molecule has 2 aromatic carbocycles. The highest BCUT2D eigenvalue weighted by Crippen LogP contribution is 2.47. The topological polar surface area (TPSA) is 123 Å². The van der Waals surface area contributed by atoms with Crippen LogP contribution in [-0.2, 0) is 0 Å². The van der Waals surface area contributed by atoms with Crippen molar-refractivity contribution in [1.29, 1.82) is 0 Å². The summed E-state index contributed by atoms with van der Waals surface area (Å²) in [6.45, 7) is 1.85. The summed E-state index contributed by atoms with van der Waals surface area (Å²) in [5, 5.41) is 5.40. The summed E-state index contributed by atoms with van der Waals surface area (Å²) in [4.78, 5) is 42.2. The van der Waals surface area contributed by atoms with Crippen LogP contribution >= 0.6 is 15.9 Å². The number of pyridine rings is 1. The number of nitrogens with zero attached hydrogens (tertiary/aromatic N) is 1. The highest BCUT2D eigenvalue weighted by atomic mass is 79.9. The summed E-state index contributed by atoms with van der Waals surface area (Å²) in [5.74, 6) is -1.90. The third-order valence-corrected chi connectivity index (χ3v) is 6.15. The van der Waals surface area contributed by atoms with Gasteiger partial charge in [0.1, 0.15) is 17.4 Å². The first kappa shape index (κ1) is 25.3. The molecule has 1 aliphatic carbocycles. The van der Waals surface area contributed by atoms with Crippen molar-refractivity contribution in [2.24, 2.45) is 0 Å². The van der Waals surface area contributed by atoms with E-state index in [4.69, 9.17) is 10.5 Å². The molecule has 186 valence electrons. The van der Waals surface area contributed by atoms with E-state index >= 15 is 4.39 Å². The molecule has 8 nitrogen and oxygen atoms in total. The third kappa shape index (κ3) is 5.88. The highest BCUT2D eigenvalue weighted by molar-refractivity contribution is 9.10. The molecule has 0 radical (unpaired) electrons. The van der Waals surface area contributed by atoms with E-state index in [2.05, 4.69) is 31.5 Å². The maximum Gasteiger partial charge on any atom is 0.343 e. The fraction of sp³-hybridized carbons (Fsp3) is 0.231. The van der Waals surface area contributed by atoms with Gasteiger partial charge in [-0.3, -0.25) is 10.1 Å². The van der Waals surface area contributed by atoms with Gasteiger partial charge in [-0.05, 0) is 71.2 Å². The molecule has 2 atom stereocenters. The zero-order valence-corrected chi connectivity index (χ0v) is 21.0. The number of nitrogens with one attached hydrogen (secondary N) is 2. The molecule has 1 heterocycles. The Balaban J connectivity index is 1.58. The van der Waals surface area contributed by atoms with Gasteiger partial charge in [-0.1, -0.05) is 13.0 Å². The maximum atomic E-state index is 15.1. The molecule has 4 rings (SSSR count). The first-order valence-corrected chi connectivity index (χ1v) is 12.2. The minimum absolute atomic E-state index is 0.0845. The SMILES string of the molecule is CCCC(=O)c1ccc(F)c([C@@H]2C[C@@H]2NC(=O)Nc2ccc(Br)cn2)c1OC(=O)c1cccc(N)c1. The Kier molecular flexibility index (Phi) is 7.64. The number of Topliss-reactive ketones (excluding diaryl/α,β-unsaturated/α-hetero) is 1. The van der Waals surface area contributed by atoms with Crippen LogP contribution in [0.25, 0.3) is 0 Å². The number of nitrogens with two attached hydrogens (primary N) is 1. The van der Waals surface area contributed by atoms with Gasteiger partial charge >= 0.3 is 12.0 Å². The molecule has 1 aliphatic rings. The monoisotopic (exact) mass is 554 g/mol. The predicted octanol–water partition coefficient (Wildman–Crippen LogP) is 5.45. The van der Waals surface area contributed by atoms with Gasteiger partial charge in [0.05, 0.1) is 11.1 Å².